The van der Waals surface area contributed by atoms with Gasteiger partial charge in [-0.25, -0.2) is 5.43 Å². The summed E-state index contributed by atoms with van der Waals surface area (Å²) in [5.41, 5.74) is 4.71. The number of methoxy groups -OCH3 is 1. The maximum Gasteiger partial charge on any atom is 0.277 e. The van der Waals surface area contributed by atoms with E-state index in [1.807, 2.05) is 48.5 Å². The Balaban J connectivity index is 1.37. The fraction of sp³-hybridized carbons (Fsp3) is 0.160. The summed E-state index contributed by atoms with van der Waals surface area (Å²) in [6.07, 6.45) is -0.0128. The van der Waals surface area contributed by atoms with Crippen LogP contribution in [0, 0.1) is 0 Å². The van der Waals surface area contributed by atoms with Crippen LogP contribution in [0.15, 0.2) is 76.2 Å². The molecule has 0 saturated heterocycles. The number of carbonyl (C=O) groups excluding carboxylic acids is 2. The van der Waals surface area contributed by atoms with Gasteiger partial charge in [-0.1, -0.05) is 36.4 Å². The lowest BCUT2D eigenvalue weighted by atomic mass is 10.1. The number of rotatable bonds is 8. The second kappa shape index (κ2) is 9.86. The Bertz CT molecular complexity index is 1330. The largest absolute Gasteiger partial charge is 0.495 e. The minimum atomic E-state index is -0.421. The van der Waals surface area contributed by atoms with Crippen LogP contribution in [0.1, 0.15) is 13.3 Å². The van der Waals surface area contributed by atoms with Crippen LogP contribution in [-0.2, 0) is 9.59 Å². The average Bonchev–Trinajstić information content (AvgIpc) is 3.18. The van der Waals surface area contributed by atoms with Crippen LogP contribution >= 0.6 is 0 Å². The number of amides is 2. The third-order valence-electron chi connectivity index (χ3n) is 4.87. The molecule has 4 aromatic rings. The van der Waals surface area contributed by atoms with Crippen molar-refractivity contribution in [3.8, 4) is 11.5 Å². The Morgan fingerprint density at radius 1 is 0.939 bits per heavy atom. The molecule has 8 nitrogen and oxygen atoms in total. The lowest BCUT2D eigenvalue weighted by molar-refractivity contribution is -0.123. The van der Waals surface area contributed by atoms with Gasteiger partial charge in [0.25, 0.3) is 5.91 Å². The van der Waals surface area contributed by atoms with Crippen LogP contribution in [0.5, 0.6) is 11.5 Å². The molecule has 0 aliphatic rings. The van der Waals surface area contributed by atoms with E-state index in [0.29, 0.717) is 28.5 Å². The highest BCUT2D eigenvalue weighted by atomic mass is 16.5. The molecule has 0 radical (unpaired) electrons. The number of furan rings is 1. The van der Waals surface area contributed by atoms with Crippen LogP contribution in [0.3, 0.4) is 0 Å². The summed E-state index contributed by atoms with van der Waals surface area (Å²) in [7, 11) is 1.54. The fourth-order valence-corrected chi connectivity index (χ4v) is 3.34. The fourth-order valence-electron chi connectivity index (χ4n) is 3.34. The van der Waals surface area contributed by atoms with Crippen molar-refractivity contribution < 1.29 is 23.5 Å². The Kier molecular flexibility index (Phi) is 6.54. The number of ether oxygens (including phenoxy) is 2. The number of nitrogens with one attached hydrogen (secondary N) is 2. The van der Waals surface area contributed by atoms with E-state index >= 15 is 0 Å². The van der Waals surface area contributed by atoms with Gasteiger partial charge in [-0.2, -0.15) is 5.10 Å². The molecule has 2 N–H and O–H groups in total. The molecule has 168 valence electrons. The van der Waals surface area contributed by atoms with E-state index in [2.05, 4.69) is 15.8 Å². The van der Waals surface area contributed by atoms with E-state index in [1.165, 1.54) is 0 Å². The van der Waals surface area contributed by atoms with Crippen molar-refractivity contribution in [2.45, 2.75) is 13.3 Å². The van der Waals surface area contributed by atoms with Gasteiger partial charge in [0, 0.05) is 22.6 Å². The number of benzene rings is 3. The molecule has 0 fully saturated rings. The van der Waals surface area contributed by atoms with Crippen LogP contribution in [0.25, 0.3) is 21.9 Å². The molecule has 33 heavy (non-hydrogen) atoms. The SMILES string of the molecule is COc1cc2c(cc1NC(=O)CC(C)=NNC(=O)COc1ccccc1)oc1ccccc12. The summed E-state index contributed by atoms with van der Waals surface area (Å²) in [5, 5.41) is 8.66. The minimum absolute atomic E-state index is 0.0128. The van der Waals surface area contributed by atoms with E-state index in [-0.39, 0.29) is 18.9 Å². The smallest absolute Gasteiger partial charge is 0.277 e. The standard InChI is InChI=1S/C25H23N3O5/c1-16(27-28-25(30)15-32-17-8-4-3-5-9-17)12-24(29)26-20-14-22-19(13-23(20)31-2)18-10-6-7-11-21(18)33-22/h3-11,13-14H,12,15H2,1-2H3,(H,26,29)(H,28,30). The van der Waals surface area contributed by atoms with E-state index in [4.69, 9.17) is 13.9 Å². The number of hydrogen-bond donors (Lipinski definition) is 2. The van der Waals surface area contributed by atoms with E-state index < -0.39 is 5.91 Å². The van der Waals surface area contributed by atoms with Crippen molar-refractivity contribution in [1.29, 1.82) is 0 Å². The van der Waals surface area contributed by atoms with E-state index in [9.17, 15) is 9.59 Å². The Morgan fingerprint density at radius 3 is 2.48 bits per heavy atom. The summed E-state index contributed by atoms with van der Waals surface area (Å²) in [6, 6.07) is 20.3. The van der Waals surface area contributed by atoms with Gasteiger partial charge in [0.1, 0.15) is 22.7 Å². The van der Waals surface area contributed by atoms with Crippen LogP contribution in [0.4, 0.5) is 5.69 Å². The van der Waals surface area contributed by atoms with Gasteiger partial charge in [-0.3, -0.25) is 9.59 Å². The molecule has 0 unspecified atom stereocenters. The highest BCUT2D eigenvalue weighted by molar-refractivity contribution is 6.10. The van der Waals surface area contributed by atoms with Crippen LogP contribution in [-0.4, -0.2) is 31.2 Å². The van der Waals surface area contributed by atoms with Crippen molar-refractivity contribution in [3.05, 3.63) is 66.7 Å². The summed E-state index contributed by atoms with van der Waals surface area (Å²) in [5.74, 6) is 0.377. The normalized spacial score (nSPS) is 11.4. The highest BCUT2D eigenvalue weighted by Gasteiger charge is 2.14. The molecule has 0 aliphatic carbocycles. The third-order valence-corrected chi connectivity index (χ3v) is 4.87. The first-order valence-corrected chi connectivity index (χ1v) is 10.3. The van der Waals surface area contributed by atoms with Gasteiger partial charge in [0.05, 0.1) is 19.2 Å². The zero-order valence-corrected chi connectivity index (χ0v) is 18.3. The van der Waals surface area contributed by atoms with Crippen molar-refractivity contribution >= 4 is 45.2 Å². The molecule has 1 heterocycles. The summed E-state index contributed by atoms with van der Waals surface area (Å²) in [4.78, 5) is 24.4. The number of nitrogens with zero attached hydrogens (tertiary/aromatic N) is 1. The molecule has 3 aromatic carbocycles. The molecule has 0 bridgehead atoms. The number of para-hydroxylation sites is 2. The Hall–Kier alpha value is -4.33. The molecular weight excluding hydrogens is 422 g/mol. The van der Waals surface area contributed by atoms with Crippen molar-refractivity contribution in [2.75, 3.05) is 19.0 Å². The summed E-state index contributed by atoms with van der Waals surface area (Å²) < 4.78 is 16.7. The topological polar surface area (TPSA) is 102 Å². The molecule has 4 rings (SSSR count). The molecule has 1 aromatic heterocycles. The second-order valence-electron chi connectivity index (χ2n) is 7.36. The Labute approximate surface area is 190 Å². The van der Waals surface area contributed by atoms with Gasteiger partial charge in [0.15, 0.2) is 6.61 Å². The predicted molar refractivity (Wildman–Crippen MR) is 127 cm³/mol. The monoisotopic (exact) mass is 445 g/mol. The zero-order valence-electron chi connectivity index (χ0n) is 18.3. The lowest BCUT2D eigenvalue weighted by Crippen LogP contribution is -2.26. The lowest BCUT2D eigenvalue weighted by Gasteiger charge is -2.10. The number of anilines is 1. The van der Waals surface area contributed by atoms with Crippen molar-refractivity contribution in [1.82, 2.24) is 5.43 Å². The van der Waals surface area contributed by atoms with Gasteiger partial charge < -0.3 is 19.2 Å². The first kappa shape index (κ1) is 21.9. The van der Waals surface area contributed by atoms with E-state index in [0.717, 1.165) is 16.4 Å². The minimum Gasteiger partial charge on any atom is -0.495 e. The van der Waals surface area contributed by atoms with Crippen LogP contribution in [0.2, 0.25) is 0 Å². The maximum atomic E-state index is 12.5. The number of carbonyl (C=O) groups is 2. The van der Waals surface area contributed by atoms with Gasteiger partial charge in [0.2, 0.25) is 5.91 Å². The quantitative estimate of drug-likeness (QED) is 0.307. The molecular formula is C25H23N3O5. The molecule has 8 heteroatoms. The summed E-state index contributed by atoms with van der Waals surface area (Å²) in [6.45, 7) is 1.47. The van der Waals surface area contributed by atoms with Crippen molar-refractivity contribution in [2.24, 2.45) is 5.10 Å². The number of fused-ring (bicyclic) bond motifs is 3. The molecule has 0 aliphatic heterocycles. The Morgan fingerprint density at radius 2 is 1.70 bits per heavy atom. The first-order valence-electron chi connectivity index (χ1n) is 10.3. The zero-order chi connectivity index (χ0) is 23.2. The van der Waals surface area contributed by atoms with Gasteiger partial charge in [-0.15, -0.1) is 0 Å². The molecule has 2 amide bonds. The third kappa shape index (κ3) is 5.30. The summed E-state index contributed by atoms with van der Waals surface area (Å²) >= 11 is 0. The molecule has 0 spiro atoms. The predicted octanol–water partition coefficient (Wildman–Crippen LogP) is 4.49. The van der Waals surface area contributed by atoms with Crippen molar-refractivity contribution in [3.63, 3.8) is 0 Å². The maximum absolute atomic E-state index is 12.5. The van der Waals surface area contributed by atoms with Crippen LogP contribution < -0.4 is 20.2 Å². The number of hydrogen-bond acceptors (Lipinski definition) is 6. The molecule has 0 saturated carbocycles. The van der Waals surface area contributed by atoms with Gasteiger partial charge >= 0.3 is 0 Å². The van der Waals surface area contributed by atoms with E-state index in [1.54, 1.807) is 32.2 Å². The second-order valence-corrected chi connectivity index (χ2v) is 7.36. The highest BCUT2D eigenvalue weighted by Crippen LogP contribution is 2.36. The average molecular weight is 445 g/mol. The van der Waals surface area contributed by atoms with Gasteiger partial charge in [-0.05, 0) is 31.2 Å². The number of hydrazone groups is 1. The molecule has 0 atom stereocenters. The first-order chi connectivity index (χ1) is 16.0.